The van der Waals surface area contributed by atoms with Crippen molar-refractivity contribution in [3.8, 4) is 5.88 Å². The Bertz CT molecular complexity index is 487. The summed E-state index contributed by atoms with van der Waals surface area (Å²) in [6, 6.07) is 1.32. The van der Waals surface area contributed by atoms with Gasteiger partial charge in [-0.1, -0.05) is 0 Å². The molecular formula is C9H7F3N2O4. The predicted molar refractivity (Wildman–Crippen MR) is 50.9 cm³/mol. The fourth-order valence-electron chi connectivity index (χ4n) is 1.03. The molecule has 6 nitrogen and oxygen atoms in total. The number of aliphatic carboxylic acids is 1. The molecule has 0 atom stereocenters. The third-order valence-corrected chi connectivity index (χ3v) is 1.75. The van der Waals surface area contributed by atoms with Gasteiger partial charge in [0.1, 0.15) is 11.3 Å². The zero-order chi connectivity index (χ0) is 13.9. The molecule has 0 fully saturated rings. The van der Waals surface area contributed by atoms with Crippen LogP contribution in [0, 0.1) is 0 Å². The number of nitrogens with two attached hydrogens (primary N) is 1. The number of halogens is 3. The molecular weight excluding hydrogens is 257 g/mol. The van der Waals surface area contributed by atoms with Crippen LogP contribution in [0.1, 0.15) is 16.1 Å². The molecule has 1 amide bonds. The fourth-order valence-corrected chi connectivity index (χ4v) is 1.03. The Balaban J connectivity index is 3.15. The number of aromatic nitrogens is 1. The molecule has 0 aliphatic carbocycles. The Morgan fingerprint density at radius 2 is 2.00 bits per heavy atom. The van der Waals surface area contributed by atoms with Crippen LogP contribution in [-0.2, 0) is 11.0 Å². The minimum atomic E-state index is -4.74. The number of ether oxygens (including phenoxy) is 1. The van der Waals surface area contributed by atoms with E-state index in [1.54, 1.807) is 0 Å². The minimum Gasteiger partial charge on any atom is -0.479 e. The molecule has 0 saturated heterocycles. The van der Waals surface area contributed by atoms with Crippen molar-refractivity contribution in [3.05, 3.63) is 23.4 Å². The van der Waals surface area contributed by atoms with Crippen LogP contribution in [0.2, 0.25) is 0 Å². The quantitative estimate of drug-likeness (QED) is 0.831. The van der Waals surface area contributed by atoms with Gasteiger partial charge in [0.2, 0.25) is 5.88 Å². The number of carbonyl (C=O) groups is 2. The van der Waals surface area contributed by atoms with Gasteiger partial charge in [0.15, 0.2) is 6.61 Å². The second-order valence-electron chi connectivity index (χ2n) is 3.09. The highest BCUT2D eigenvalue weighted by molar-refractivity contribution is 5.95. The first-order valence-corrected chi connectivity index (χ1v) is 4.44. The molecule has 98 valence electrons. The van der Waals surface area contributed by atoms with Crippen LogP contribution in [0.25, 0.3) is 0 Å². The van der Waals surface area contributed by atoms with Crippen LogP contribution in [-0.4, -0.2) is 28.6 Å². The van der Waals surface area contributed by atoms with Crippen LogP contribution in [0.3, 0.4) is 0 Å². The number of carboxylic acids is 1. The summed E-state index contributed by atoms with van der Waals surface area (Å²) in [7, 11) is 0. The van der Waals surface area contributed by atoms with Gasteiger partial charge < -0.3 is 15.6 Å². The Hall–Kier alpha value is -2.32. The third kappa shape index (κ3) is 3.34. The highest BCUT2D eigenvalue weighted by Gasteiger charge is 2.33. The van der Waals surface area contributed by atoms with E-state index in [4.69, 9.17) is 10.8 Å². The van der Waals surface area contributed by atoms with Crippen molar-refractivity contribution in [1.29, 1.82) is 0 Å². The van der Waals surface area contributed by atoms with Crippen LogP contribution in [0.15, 0.2) is 12.1 Å². The van der Waals surface area contributed by atoms with Gasteiger partial charge in [0.05, 0.1) is 0 Å². The largest absolute Gasteiger partial charge is 0.479 e. The van der Waals surface area contributed by atoms with Crippen molar-refractivity contribution < 1.29 is 32.6 Å². The maximum atomic E-state index is 12.3. The van der Waals surface area contributed by atoms with E-state index in [0.717, 1.165) is 6.07 Å². The lowest BCUT2D eigenvalue weighted by Gasteiger charge is -2.10. The standard InChI is InChI=1S/C9H7F3N2O4/c10-9(11,12)5-2-1-4(7(13)17)8(14-5)18-3-6(15)16/h1-2H,3H2,(H2,13,17)(H,15,16). The maximum absolute atomic E-state index is 12.3. The molecule has 0 spiro atoms. The fraction of sp³-hybridized carbons (Fsp3) is 0.222. The van der Waals surface area contributed by atoms with Gasteiger partial charge >= 0.3 is 12.1 Å². The van der Waals surface area contributed by atoms with Crippen molar-refractivity contribution >= 4 is 11.9 Å². The van der Waals surface area contributed by atoms with Crippen molar-refractivity contribution in [1.82, 2.24) is 4.98 Å². The molecule has 0 aliphatic rings. The lowest BCUT2D eigenvalue weighted by atomic mass is 10.2. The lowest BCUT2D eigenvalue weighted by molar-refractivity contribution is -0.141. The number of carbonyl (C=O) groups excluding carboxylic acids is 1. The van der Waals surface area contributed by atoms with Gasteiger partial charge in [-0.15, -0.1) is 0 Å². The average molecular weight is 264 g/mol. The predicted octanol–water partition coefficient (Wildman–Crippen LogP) is 0.663. The van der Waals surface area contributed by atoms with E-state index in [0.29, 0.717) is 6.07 Å². The highest BCUT2D eigenvalue weighted by atomic mass is 19.4. The van der Waals surface area contributed by atoms with Crippen LogP contribution < -0.4 is 10.5 Å². The molecule has 0 radical (unpaired) electrons. The summed E-state index contributed by atoms with van der Waals surface area (Å²) in [5.74, 6) is -3.26. The normalized spacial score (nSPS) is 11.1. The van der Waals surface area contributed by atoms with Crippen molar-refractivity contribution in [2.75, 3.05) is 6.61 Å². The molecule has 3 N–H and O–H groups in total. The van der Waals surface area contributed by atoms with E-state index < -0.39 is 41.8 Å². The molecule has 1 heterocycles. The third-order valence-electron chi connectivity index (χ3n) is 1.75. The van der Waals surface area contributed by atoms with E-state index in [-0.39, 0.29) is 0 Å². The summed E-state index contributed by atoms with van der Waals surface area (Å²) in [6.45, 7) is -0.936. The van der Waals surface area contributed by atoms with Gasteiger partial charge in [0.25, 0.3) is 5.91 Å². The molecule has 1 aromatic heterocycles. The van der Waals surface area contributed by atoms with Crippen LogP contribution in [0.4, 0.5) is 13.2 Å². The highest BCUT2D eigenvalue weighted by Crippen LogP contribution is 2.30. The number of alkyl halides is 3. The summed E-state index contributed by atoms with van der Waals surface area (Å²) < 4.78 is 41.5. The van der Waals surface area contributed by atoms with Gasteiger partial charge in [-0.25, -0.2) is 9.78 Å². The molecule has 0 unspecified atom stereocenters. The van der Waals surface area contributed by atoms with Gasteiger partial charge in [-0.05, 0) is 12.1 Å². The van der Waals surface area contributed by atoms with Crippen molar-refractivity contribution in [2.24, 2.45) is 5.73 Å². The number of hydrogen-bond acceptors (Lipinski definition) is 4. The Morgan fingerprint density at radius 1 is 1.39 bits per heavy atom. The lowest BCUT2D eigenvalue weighted by Crippen LogP contribution is -2.19. The van der Waals surface area contributed by atoms with Crippen LogP contribution in [0.5, 0.6) is 5.88 Å². The molecule has 9 heteroatoms. The molecule has 0 aromatic carbocycles. The number of carboxylic acid groups (broad SMARTS) is 1. The number of pyridine rings is 1. The molecule has 18 heavy (non-hydrogen) atoms. The van der Waals surface area contributed by atoms with Crippen molar-refractivity contribution in [3.63, 3.8) is 0 Å². The topological polar surface area (TPSA) is 103 Å². The number of hydrogen-bond donors (Lipinski definition) is 2. The summed E-state index contributed by atoms with van der Waals surface area (Å²) in [5.41, 5.74) is 3.15. The SMILES string of the molecule is NC(=O)c1ccc(C(F)(F)F)nc1OCC(=O)O. The molecule has 0 saturated carbocycles. The summed E-state index contributed by atoms with van der Waals surface area (Å²) in [5, 5.41) is 8.34. The number of nitrogens with zero attached hydrogens (tertiary/aromatic N) is 1. The van der Waals surface area contributed by atoms with E-state index in [1.165, 1.54) is 0 Å². The zero-order valence-corrected chi connectivity index (χ0v) is 8.69. The monoisotopic (exact) mass is 264 g/mol. The second-order valence-corrected chi connectivity index (χ2v) is 3.09. The number of primary amides is 1. The van der Waals surface area contributed by atoms with E-state index >= 15 is 0 Å². The van der Waals surface area contributed by atoms with Crippen LogP contribution >= 0.6 is 0 Å². The first-order valence-electron chi connectivity index (χ1n) is 4.44. The minimum absolute atomic E-state index is 0.427. The second kappa shape index (κ2) is 4.90. The van der Waals surface area contributed by atoms with Gasteiger partial charge in [-0.3, -0.25) is 4.79 Å². The van der Waals surface area contributed by atoms with E-state index in [1.807, 2.05) is 0 Å². The summed E-state index contributed by atoms with van der Waals surface area (Å²) in [4.78, 5) is 24.2. The van der Waals surface area contributed by atoms with Gasteiger partial charge in [-0.2, -0.15) is 13.2 Å². The van der Waals surface area contributed by atoms with E-state index in [9.17, 15) is 22.8 Å². The molecule has 1 aromatic rings. The zero-order valence-electron chi connectivity index (χ0n) is 8.69. The Kier molecular flexibility index (Phi) is 3.74. The maximum Gasteiger partial charge on any atom is 0.433 e. The number of rotatable bonds is 4. The summed E-state index contributed by atoms with van der Waals surface area (Å²) >= 11 is 0. The molecule has 0 bridgehead atoms. The molecule has 1 rings (SSSR count). The first kappa shape index (κ1) is 13.7. The van der Waals surface area contributed by atoms with Crippen molar-refractivity contribution in [2.45, 2.75) is 6.18 Å². The average Bonchev–Trinajstić information content (AvgIpc) is 2.24. The number of amides is 1. The summed E-state index contributed by atoms with van der Waals surface area (Å²) in [6.07, 6.45) is -4.74. The smallest absolute Gasteiger partial charge is 0.433 e. The first-order chi connectivity index (χ1) is 8.21. The molecule has 0 aliphatic heterocycles. The Morgan fingerprint density at radius 3 is 2.44 bits per heavy atom. The van der Waals surface area contributed by atoms with E-state index in [2.05, 4.69) is 9.72 Å². The van der Waals surface area contributed by atoms with Gasteiger partial charge in [0, 0.05) is 0 Å². The Labute approximate surface area is 98.2 Å².